The number of hydrogen-bond donors (Lipinski definition) is 3. The van der Waals surface area contributed by atoms with Gasteiger partial charge in [0.25, 0.3) is 0 Å². The predicted octanol–water partition coefficient (Wildman–Crippen LogP) is 1.53. The molecular formula is C12H16N2O2. The number of carbonyl (C=O) groups is 1. The summed E-state index contributed by atoms with van der Waals surface area (Å²) in [6.45, 7) is 1.68. The minimum Gasteiger partial charge on any atom is -0.465 e. The summed E-state index contributed by atoms with van der Waals surface area (Å²) >= 11 is 0. The lowest BCUT2D eigenvalue weighted by Gasteiger charge is -2.38. The Morgan fingerprint density at radius 3 is 2.44 bits per heavy atom. The fourth-order valence-electron chi connectivity index (χ4n) is 2.30. The number of piperidine rings is 1. The van der Waals surface area contributed by atoms with Crippen LogP contribution < -0.4 is 10.6 Å². The zero-order chi connectivity index (χ0) is 11.4. The molecule has 1 saturated heterocycles. The van der Waals surface area contributed by atoms with Crippen LogP contribution in [0.3, 0.4) is 0 Å². The van der Waals surface area contributed by atoms with Crippen LogP contribution in [-0.2, 0) is 5.54 Å². The Morgan fingerprint density at radius 2 is 1.88 bits per heavy atom. The second-order valence-electron chi connectivity index (χ2n) is 4.13. The van der Waals surface area contributed by atoms with E-state index in [-0.39, 0.29) is 0 Å². The maximum absolute atomic E-state index is 10.9. The van der Waals surface area contributed by atoms with E-state index in [1.165, 1.54) is 0 Å². The molecule has 0 bridgehead atoms. The Labute approximate surface area is 94.7 Å². The maximum Gasteiger partial charge on any atom is 0.405 e. The molecule has 0 atom stereocenters. The molecule has 0 radical (unpaired) electrons. The lowest BCUT2D eigenvalue weighted by molar-refractivity contribution is 0.165. The molecule has 1 fully saturated rings. The molecule has 0 aromatic heterocycles. The van der Waals surface area contributed by atoms with Gasteiger partial charge in [-0.05, 0) is 31.5 Å². The molecular weight excluding hydrogens is 204 g/mol. The van der Waals surface area contributed by atoms with Gasteiger partial charge < -0.3 is 15.7 Å². The van der Waals surface area contributed by atoms with Crippen molar-refractivity contribution in [1.29, 1.82) is 0 Å². The van der Waals surface area contributed by atoms with Gasteiger partial charge in [-0.25, -0.2) is 4.79 Å². The molecule has 0 spiro atoms. The van der Waals surface area contributed by atoms with Gasteiger partial charge in [-0.3, -0.25) is 0 Å². The monoisotopic (exact) mass is 220 g/mol. The first-order valence-corrected chi connectivity index (χ1v) is 5.50. The van der Waals surface area contributed by atoms with Gasteiger partial charge in [-0.2, -0.15) is 0 Å². The van der Waals surface area contributed by atoms with Crippen molar-refractivity contribution in [2.45, 2.75) is 18.4 Å². The highest BCUT2D eigenvalue weighted by molar-refractivity contribution is 5.66. The summed E-state index contributed by atoms with van der Waals surface area (Å²) in [5, 5.41) is 14.9. The van der Waals surface area contributed by atoms with Crippen molar-refractivity contribution in [2.75, 3.05) is 13.1 Å². The molecule has 0 unspecified atom stereocenters. The highest BCUT2D eigenvalue weighted by Gasteiger charge is 2.35. The highest BCUT2D eigenvalue weighted by atomic mass is 16.4. The SMILES string of the molecule is O=C(O)NC1(c2ccccc2)CCNCC1. The first-order valence-electron chi connectivity index (χ1n) is 5.50. The van der Waals surface area contributed by atoms with Crippen LogP contribution in [0.5, 0.6) is 0 Å². The van der Waals surface area contributed by atoms with Crippen molar-refractivity contribution in [3.8, 4) is 0 Å². The fraction of sp³-hybridized carbons (Fsp3) is 0.417. The summed E-state index contributed by atoms with van der Waals surface area (Å²) in [4.78, 5) is 10.9. The average Bonchev–Trinajstić information content (AvgIpc) is 2.30. The largest absolute Gasteiger partial charge is 0.465 e. The maximum atomic E-state index is 10.9. The second kappa shape index (κ2) is 4.53. The molecule has 1 aromatic rings. The van der Waals surface area contributed by atoms with E-state index in [2.05, 4.69) is 10.6 Å². The molecule has 2 rings (SSSR count). The fourth-order valence-corrected chi connectivity index (χ4v) is 2.30. The van der Waals surface area contributed by atoms with Crippen LogP contribution in [0.2, 0.25) is 0 Å². The third-order valence-electron chi connectivity index (χ3n) is 3.13. The molecule has 1 amide bonds. The van der Waals surface area contributed by atoms with Crippen molar-refractivity contribution in [3.05, 3.63) is 35.9 Å². The number of carboxylic acid groups (broad SMARTS) is 1. The molecule has 1 aliphatic heterocycles. The topological polar surface area (TPSA) is 61.4 Å². The van der Waals surface area contributed by atoms with E-state index in [0.717, 1.165) is 31.5 Å². The molecule has 1 heterocycles. The molecule has 0 saturated carbocycles. The highest BCUT2D eigenvalue weighted by Crippen LogP contribution is 2.30. The molecule has 4 heteroatoms. The predicted molar refractivity (Wildman–Crippen MR) is 61.4 cm³/mol. The minimum absolute atomic E-state index is 0.418. The van der Waals surface area contributed by atoms with Crippen molar-refractivity contribution >= 4 is 6.09 Å². The van der Waals surface area contributed by atoms with Crippen LogP contribution in [0.25, 0.3) is 0 Å². The van der Waals surface area contributed by atoms with Crippen LogP contribution in [0.15, 0.2) is 30.3 Å². The van der Waals surface area contributed by atoms with Crippen molar-refractivity contribution in [2.24, 2.45) is 0 Å². The van der Waals surface area contributed by atoms with E-state index in [1.807, 2.05) is 30.3 Å². The van der Waals surface area contributed by atoms with Gasteiger partial charge in [-0.15, -0.1) is 0 Å². The summed E-state index contributed by atoms with van der Waals surface area (Å²) in [5.41, 5.74) is 0.636. The summed E-state index contributed by atoms with van der Waals surface area (Å²) in [6.07, 6.45) is 0.637. The number of amides is 1. The Morgan fingerprint density at radius 1 is 1.25 bits per heavy atom. The molecule has 1 aromatic carbocycles. The zero-order valence-corrected chi connectivity index (χ0v) is 9.07. The summed E-state index contributed by atoms with van der Waals surface area (Å²) < 4.78 is 0. The molecule has 4 nitrogen and oxygen atoms in total. The molecule has 3 N–H and O–H groups in total. The number of rotatable bonds is 2. The normalized spacial score (nSPS) is 19.0. The van der Waals surface area contributed by atoms with Gasteiger partial charge in [0.15, 0.2) is 0 Å². The van der Waals surface area contributed by atoms with Gasteiger partial charge in [-0.1, -0.05) is 30.3 Å². The minimum atomic E-state index is -0.953. The average molecular weight is 220 g/mol. The summed E-state index contributed by atoms with van der Waals surface area (Å²) in [7, 11) is 0. The van der Waals surface area contributed by atoms with Crippen molar-refractivity contribution in [1.82, 2.24) is 10.6 Å². The van der Waals surface area contributed by atoms with Gasteiger partial charge in [0.05, 0.1) is 5.54 Å². The third kappa shape index (κ3) is 2.17. The molecule has 0 aliphatic carbocycles. The van der Waals surface area contributed by atoms with E-state index < -0.39 is 11.6 Å². The Bertz CT molecular complexity index is 359. The molecule has 86 valence electrons. The van der Waals surface area contributed by atoms with E-state index >= 15 is 0 Å². The van der Waals surface area contributed by atoms with Crippen molar-refractivity contribution < 1.29 is 9.90 Å². The Balaban J connectivity index is 2.29. The number of benzene rings is 1. The van der Waals surface area contributed by atoms with Gasteiger partial charge in [0.2, 0.25) is 0 Å². The van der Waals surface area contributed by atoms with Crippen molar-refractivity contribution in [3.63, 3.8) is 0 Å². The Hall–Kier alpha value is -1.55. The zero-order valence-electron chi connectivity index (χ0n) is 9.07. The van der Waals surface area contributed by atoms with Crippen LogP contribution in [0, 0.1) is 0 Å². The Kier molecular flexibility index (Phi) is 3.10. The van der Waals surface area contributed by atoms with Crippen LogP contribution in [0.4, 0.5) is 4.79 Å². The van der Waals surface area contributed by atoms with Gasteiger partial charge >= 0.3 is 6.09 Å². The van der Waals surface area contributed by atoms with E-state index in [4.69, 9.17) is 5.11 Å². The quantitative estimate of drug-likeness (QED) is 0.708. The van der Waals surface area contributed by atoms with E-state index in [9.17, 15) is 4.79 Å². The molecule has 16 heavy (non-hydrogen) atoms. The first-order chi connectivity index (χ1) is 7.73. The lowest BCUT2D eigenvalue weighted by atomic mass is 9.81. The number of hydrogen-bond acceptors (Lipinski definition) is 2. The first kappa shape index (κ1) is 11.0. The summed E-state index contributed by atoms with van der Waals surface area (Å²) in [6, 6.07) is 9.81. The van der Waals surface area contributed by atoms with E-state index in [0.29, 0.717) is 0 Å². The molecule has 1 aliphatic rings. The number of nitrogens with one attached hydrogen (secondary N) is 2. The third-order valence-corrected chi connectivity index (χ3v) is 3.13. The smallest absolute Gasteiger partial charge is 0.405 e. The van der Waals surface area contributed by atoms with Crippen LogP contribution >= 0.6 is 0 Å². The van der Waals surface area contributed by atoms with E-state index in [1.54, 1.807) is 0 Å². The van der Waals surface area contributed by atoms with Crippen LogP contribution in [-0.4, -0.2) is 24.3 Å². The van der Waals surface area contributed by atoms with Crippen LogP contribution in [0.1, 0.15) is 18.4 Å². The van der Waals surface area contributed by atoms with Gasteiger partial charge in [0.1, 0.15) is 0 Å². The second-order valence-corrected chi connectivity index (χ2v) is 4.13. The lowest BCUT2D eigenvalue weighted by Crippen LogP contribution is -2.51. The standard InChI is InChI=1S/C12H16N2O2/c15-11(16)14-12(6-8-13-9-7-12)10-4-2-1-3-5-10/h1-5,13-14H,6-9H2,(H,15,16). The van der Waals surface area contributed by atoms with Gasteiger partial charge in [0, 0.05) is 0 Å². The summed E-state index contributed by atoms with van der Waals surface area (Å²) in [5.74, 6) is 0.